The van der Waals surface area contributed by atoms with E-state index in [1.165, 1.54) is 10.4 Å². The zero-order chi connectivity index (χ0) is 24.4. The van der Waals surface area contributed by atoms with Gasteiger partial charge in [0.15, 0.2) is 18.1 Å². The normalized spacial score (nSPS) is 14.7. The van der Waals surface area contributed by atoms with Crippen LogP contribution in [0.5, 0.6) is 17.2 Å². The predicted octanol–water partition coefficient (Wildman–Crippen LogP) is 3.93. The van der Waals surface area contributed by atoms with Crippen molar-refractivity contribution in [2.24, 2.45) is 0 Å². The fourth-order valence-electron chi connectivity index (χ4n) is 4.28. The number of benzene rings is 3. The molecule has 0 radical (unpaired) electrons. The van der Waals surface area contributed by atoms with E-state index in [4.69, 9.17) is 14.2 Å². The molecule has 0 bridgehead atoms. The topological polar surface area (TPSA) is 94.2 Å². The Labute approximate surface area is 204 Å². The van der Waals surface area contributed by atoms with E-state index in [9.17, 15) is 13.2 Å². The van der Waals surface area contributed by atoms with Crippen molar-refractivity contribution in [1.29, 1.82) is 0 Å². The highest BCUT2D eigenvalue weighted by Gasteiger charge is 2.29. The summed E-state index contributed by atoms with van der Waals surface area (Å²) in [5, 5.41) is 2.77. The smallest absolute Gasteiger partial charge is 0.264 e. The minimum Gasteiger partial charge on any atom is -0.486 e. The van der Waals surface area contributed by atoms with Gasteiger partial charge in [0.2, 0.25) is 0 Å². The van der Waals surface area contributed by atoms with E-state index < -0.39 is 10.0 Å². The summed E-state index contributed by atoms with van der Waals surface area (Å²) in [5.74, 6) is 1.33. The molecular weight excluding hydrogens is 468 g/mol. The lowest BCUT2D eigenvalue weighted by atomic mass is 10.0. The molecule has 0 aliphatic carbocycles. The molecule has 5 rings (SSSR count). The summed E-state index contributed by atoms with van der Waals surface area (Å²) in [5.41, 5.74) is 2.96. The summed E-state index contributed by atoms with van der Waals surface area (Å²) in [7, 11) is -3.72. The number of para-hydroxylation sites is 1. The van der Waals surface area contributed by atoms with Crippen molar-refractivity contribution in [3.8, 4) is 17.2 Å². The van der Waals surface area contributed by atoms with Crippen LogP contribution in [0, 0.1) is 6.92 Å². The zero-order valence-electron chi connectivity index (χ0n) is 19.3. The lowest BCUT2D eigenvalue weighted by Gasteiger charge is -2.30. The van der Waals surface area contributed by atoms with Gasteiger partial charge in [0.05, 0.1) is 10.6 Å². The SMILES string of the molecule is Cc1cc(S(=O)(=O)N2CCCc3ccccc32)ccc1OCC(=O)Nc1ccc2c(c1)OCCO2. The zero-order valence-corrected chi connectivity index (χ0v) is 20.1. The van der Waals surface area contributed by atoms with Gasteiger partial charge in [-0.1, -0.05) is 18.2 Å². The highest BCUT2D eigenvalue weighted by Crippen LogP contribution is 2.34. The van der Waals surface area contributed by atoms with Crippen LogP contribution in [0.4, 0.5) is 11.4 Å². The number of ether oxygens (including phenoxy) is 3. The number of fused-ring (bicyclic) bond motifs is 2. The number of aryl methyl sites for hydroxylation is 2. The van der Waals surface area contributed by atoms with Crippen molar-refractivity contribution in [3.05, 3.63) is 71.8 Å². The molecule has 3 aromatic carbocycles. The Balaban J connectivity index is 1.25. The van der Waals surface area contributed by atoms with Crippen LogP contribution in [0.2, 0.25) is 0 Å². The average Bonchev–Trinajstić information content (AvgIpc) is 2.87. The second-order valence-electron chi connectivity index (χ2n) is 8.43. The molecule has 3 aromatic rings. The molecule has 2 heterocycles. The molecule has 2 aliphatic heterocycles. The third-order valence-corrected chi connectivity index (χ3v) is 7.80. The number of hydrogen-bond donors (Lipinski definition) is 1. The van der Waals surface area contributed by atoms with Crippen LogP contribution in [0.15, 0.2) is 65.6 Å². The van der Waals surface area contributed by atoms with E-state index in [0.29, 0.717) is 48.3 Å². The molecule has 0 spiro atoms. The van der Waals surface area contributed by atoms with E-state index >= 15 is 0 Å². The molecule has 0 saturated carbocycles. The van der Waals surface area contributed by atoms with Gasteiger partial charge in [-0.05, 0) is 67.3 Å². The molecule has 0 unspecified atom stereocenters. The summed E-state index contributed by atoms with van der Waals surface area (Å²) in [6, 6.07) is 17.5. The second-order valence-corrected chi connectivity index (χ2v) is 10.3. The first kappa shape index (κ1) is 23.0. The molecule has 35 heavy (non-hydrogen) atoms. The molecule has 2 aliphatic rings. The molecule has 0 saturated heterocycles. The van der Waals surface area contributed by atoms with Crippen LogP contribution in [0.3, 0.4) is 0 Å². The van der Waals surface area contributed by atoms with E-state index in [2.05, 4.69) is 5.32 Å². The Morgan fingerprint density at radius 1 is 1.03 bits per heavy atom. The van der Waals surface area contributed by atoms with Crippen molar-refractivity contribution >= 4 is 27.3 Å². The maximum absolute atomic E-state index is 13.4. The van der Waals surface area contributed by atoms with E-state index in [1.54, 1.807) is 37.3 Å². The van der Waals surface area contributed by atoms with Crippen LogP contribution < -0.4 is 23.8 Å². The maximum Gasteiger partial charge on any atom is 0.264 e. The first-order chi connectivity index (χ1) is 16.9. The number of carbonyl (C=O) groups is 1. The summed E-state index contributed by atoms with van der Waals surface area (Å²) in [4.78, 5) is 12.6. The summed E-state index contributed by atoms with van der Waals surface area (Å²) in [6.45, 7) is 2.94. The van der Waals surface area contributed by atoms with Gasteiger partial charge in [0.25, 0.3) is 15.9 Å². The van der Waals surface area contributed by atoms with Crippen molar-refractivity contribution in [1.82, 2.24) is 0 Å². The minimum absolute atomic E-state index is 0.194. The molecule has 8 nitrogen and oxygen atoms in total. The fourth-order valence-corrected chi connectivity index (χ4v) is 5.91. The second kappa shape index (κ2) is 9.50. The predicted molar refractivity (Wildman–Crippen MR) is 132 cm³/mol. The lowest BCUT2D eigenvalue weighted by molar-refractivity contribution is -0.118. The van der Waals surface area contributed by atoms with Crippen molar-refractivity contribution in [2.75, 3.05) is 36.0 Å². The maximum atomic E-state index is 13.4. The van der Waals surface area contributed by atoms with Gasteiger partial charge in [0, 0.05) is 18.3 Å². The molecule has 0 fully saturated rings. The Hall–Kier alpha value is -3.72. The summed E-state index contributed by atoms with van der Waals surface area (Å²) >= 11 is 0. The number of amides is 1. The number of sulfonamides is 1. The average molecular weight is 495 g/mol. The Kier molecular flexibility index (Phi) is 6.25. The van der Waals surface area contributed by atoms with Crippen molar-refractivity contribution in [3.63, 3.8) is 0 Å². The van der Waals surface area contributed by atoms with Crippen LogP contribution in [0.25, 0.3) is 0 Å². The van der Waals surface area contributed by atoms with Gasteiger partial charge < -0.3 is 19.5 Å². The van der Waals surface area contributed by atoms with Gasteiger partial charge in [0.1, 0.15) is 19.0 Å². The summed E-state index contributed by atoms with van der Waals surface area (Å²) in [6.07, 6.45) is 1.64. The van der Waals surface area contributed by atoms with Gasteiger partial charge in [-0.2, -0.15) is 0 Å². The van der Waals surface area contributed by atoms with Crippen LogP contribution in [0.1, 0.15) is 17.5 Å². The number of anilines is 2. The highest BCUT2D eigenvalue weighted by molar-refractivity contribution is 7.92. The first-order valence-electron chi connectivity index (χ1n) is 11.5. The van der Waals surface area contributed by atoms with E-state index in [1.807, 2.05) is 24.3 Å². The molecule has 1 N–H and O–H groups in total. The van der Waals surface area contributed by atoms with Crippen LogP contribution in [-0.4, -0.2) is 40.7 Å². The number of nitrogens with one attached hydrogen (secondary N) is 1. The van der Waals surface area contributed by atoms with Crippen molar-refractivity contribution < 1.29 is 27.4 Å². The van der Waals surface area contributed by atoms with Gasteiger partial charge in [-0.15, -0.1) is 0 Å². The van der Waals surface area contributed by atoms with Gasteiger partial charge in [-0.25, -0.2) is 8.42 Å². The van der Waals surface area contributed by atoms with Gasteiger partial charge in [-0.3, -0.25) is 9.10 Å². The molecule has 182 valence electrons. The van der Waals surface area contributed by atoms with Gasteiger partial charge >= 0.3 is 0 Å². The number of carbonyl (C=O) groups excluding carboxylic acids is 1. The molecular formula is C26H26N2O6S. The molecule has 9 heteroatoms. The standard InChI is InChI=1S/C26H26N2O6S/c1-18-15-21(35(30,31)28-12-4-6-19-5-2-3-7-22(19)28)9-11-23(18)34-17-26(29)27-20-8-10-24-25(16-20)33-14-13-32-24/h2-3,5,7-11,15-16H,4,6,12-14,17H2,1H3,(H,27,29). The number of hydrogen-bond acceptors (Lipinski definition) is 6. The largest absolute Gasteiger partial charge is 0.486 e. The number of rotatable bonds is 6. The molecule has 0 aromatic heterocycles. The summed E-state index contributed by atoms with van der Waals surface area (Å²) < 4.78 is 44.9. The first-order valence-corrected chi connectivity index (χ1v) is 12.9. The third kappa shape index (κ3) is 4.77. The number of nitrogens with zero attached hydrogens (tertiary/aromatic N) is 1. The Morgan fingerprint density at radius 3 is 2.66 bits per heavy atom. The highest BCUT2D eigenvalue weighted by atomic mass is 32.2. The van der Waals surface area contributed by atoms with Crippen molar-refractivity contribution in [2.45, 2.75) is 24.7 Å². The van der Waals surface area contributed by atoms with E-state index in [0.717, 1.165) is 24.1 Å². The van der Waals surface area contributed by atoms with E-state index in [-0.39, 0.29) is 17.4 Å². The molecule has 1 amide bonds. The minimum atomic E-state index is -3.72. The van der Waals surface area contributed by atoms with Crippen LogP contribution >= 0.6 is 0 Å². The van der Waals surface area contributed by atoms with Crippen LogP contribution in [-0.2, 0) is 21.2 Å². The quantitative estimate of drug-likeness (QED) is 0.558. The Bertz CT molecular complexity index is 1370. The monoisotopic (exact) mass is 494 g/mol. The Morgan fingerprint density at radius 2 is 1.83 bits per heavy atom. The molecule has 0 atom stereocenters. The third-order valence-electron chi connectivity index (χ3n) is 5.99. The fraction of sp³-hybridized carbons (Fsp3) is 0.269. The lowest BCUT2D eigenvalue weighted by Crippen LogP contribution is -2.35.